The molecule has 0 bridgehead atoms. The first kappa shape index (κ1) is 13.0. The lowest BCUT2D eigenvalue weighted by molar-refractivity contribution is 0.829. The van der Waals surface area contributed by atoms with E-state index in [-0.39, 0.29) is 0 Å². The fraction of sp³-hybridized carbons (Fsp3) is 0.462. The van der Waals surface area contributed by atoms with Crippen LogP contribution in [0.25, 0.3) is 0 Å². The molecule has 0 aromatic heterocycles. The molecule has 0 atom stereocenters. The minimum absolute atomic E-state index is 0.818. The number of nitrogens with zero attached hydrogens (tertiary/aromatic N) is 1. The maximum atomic E-state index is 5.40. The molecule has 0 saturated heterocycles. The third-order valence-electron chi connectivity index (χ3n) is 2.49. The molecular formula is C13H20N2S. The molecule has 0 amide bonds. The van der Waals surface area contributed by atoms with Crippen molar-refractivity contribution in [3.8, 4) is 0 Å². The summed E-state index contributed by atoms with van der Waals surface area (Å²) in [7, 11) is 0. The van der Waals surface area contributed by atoms with E-state index in [9.17, 15) is 0 Å². The summed E-state index contributed by atoms with van der Waals surface area (Å²) in [6, 6.07) is 8.32. The van der Waals surface area contributed by atoms with Gasteiger partial charge in [0, 0.05) is 18.8 Å². The van der Waals surface area contributed by atoms with E-state index >= 15 is 0 Å². The lowest BCUT2D eigenvalue weighted by Crippen LogP contribution is -2.40. The third kappa shape index (κ3) is 3.20. The molecule has 1 N–H and O–H groups in total. The molecule has 3 heteroatoms. The van der Waals surface area contributed by atoms with Crippen LogP contribution in [0.5, 0.6) is 0 Å². The van der Waals surface area contributed by atoms with Crippen LogP contribution in [0.4, 0.5) is 5.69 Å². The number of thiocarbonyl (C=S) groups is 1. The van der Waals surface area contributed by atoms with Crippen LogP contribution >= 0.6 is 12.2 Å². The van der Waals surface area contributed by atoms with Crippen molar-refractivity contribution in [2.75, 3.05) is 18.0 Å². The summed E-state index contributed by atoms with van der Waals surface area (Å²) in [6.45, 7) is 8.19. The van der Waals surface area contributed by atoms with Crippen molar-refractivity contribution < 1.29 is 0 Å². The van der Waals surface area contributed by atoms with E-state index in [1.807, 2.05) is 6.07 Å². The highest BCUT2D eigenvalue weighted by atomic mass is 32.1. The number of para-hydroxylation sites is 1. The predicted octanol–water partition coefficient (Wildman–Crippen LogP) is 3.11. The van der Waals surface area contributed by atoms with Gasteiger partial charge in [0.15, 0.2) is 5.11 Å². The largest absolute Gasteiger partial charge is 0.362 e. The van der Waals surface area contributed by atoms with Crippen LogP contribution in [0.1, 0.15) is 25.8 Å². The molecule has 0 spiro atoms. The second-order valence-electron chi connectivity index (χ2n) is 3.76. The zero-order valence-corrected chi connectivity index (χ0v) is 11.1. The molecule has 2 nitrogen and oxygen atoms in total. The van der Waals surface area contributed by atoms with Crippen molar-refractivity contribution in [2.24, 2.45) is 0 Å². The summed E-state index contributed by atoms with van der Waals surface area (Å²) < 4.78 is 0. The standard InChI is InChI=1S/C13H20N2S/c1-4-10-14-13(16)15(5-2)12-9-7-6-8-11(12)3/h6-9H,4-5,10H2,1-3H3,(H,14,16). The average molecular weight is 236 g/mol. The van der Waals surface area contributed by atoms with Gasteiger partial charge in [-0.1, -0.05) is 25.1 Å². The Balaban J connectivity index is 2.82. The first-order chi connectivity index (χ1) is 7.70. The van der Waals surface area contributed by atoms with Crippen LogP contribution < -0.4 is 10.2 Å². The number of aryl methyl sites for hydroxylation is 1. The highest BCUT2D eigenvalue weighted by Crippen LogP contribution is 2.19. The lowest BCUT2D eigenvalue weighted by Gasteiger charge is -2.25. The SMILES string of the molecule is CCCNC(=S)N(CC)c1ccccc1C. The van der Waals surface area contributed by atoms with E-state index < -0.39 is 0 Å². The van der Waals surface area contributed by atoms with Crippen LogP contribution in [0.3, 0.4) is 0 Å². The van der Waals surface area contributed by atoms with E-state index in [2.05, 4.69) is 49.2 Å². The molecule has 0 radical (unpaired) electrons. The quantitative estimate of drug-likeness (QED) is 0.809. The highest BCUT2D eigenvalue weighted by molar-refractivity contribution is 7.80. The minimum atomic E-state index is 0.818. The molecule has 0 saturated carbocycles. The second kappa shape index (κ2) is 6.48. The first-order valence-electron chi connectivity index (χ1n) is 5.81. The van der Waals surface area contributed by atoms with Crippen LogP contribution in [0.2, 0.25) is 0 Å². The summed E-state index contributed by atoms with van der Waals surface area (Å²) in [5.74, 6) is 0. The number of hydrogen-bond donors (Lipinski definition) is 1. The van der Waals surface area contributed by atoms with Gasteiger partial charge in [0.2, 0.25) is 0 Å². The van der Waals surface area contributed by atoms with Gasteiger partial charge in [-0.3, -0.25) is 0 Å². The zero-order chi connectivity index (χ0) is 12.0. The Morgan fingerprint density at radius 1 is 1.31 bits per heavy atom. The third-order valence-corrected chi connectivity index (χ3v) is 2.86. The molecule has 0 aliphatic heterocycles. The molecule has 88 valence electrons. The normalized spacial score (nSPS) is 9.94. The van der Waals surface area contributed by atoms with Crippen molar-refractivity contribution >= 4 is 23.0 Å². The fourth-order valence-electron chi connectivity index (χ4n) is 1.62. The summed E-state index contributed by atoms with van der Waals surface area (Å²) in [5.41, 5.74) is 2.45. The molecule has 0 heterocycles. The molecule has 0 unspecified atom stereocenters. The summed E-state index contributed by atoms with van der Waals surface area (Å²) in [6.07, 6.45) is 1.09. The van der Waals surface area contributed by atoms with Gasteiger partial charge in [-0.25, -0.2) is 0 Å². The first-order valence-corrected chi connectivity index (χ1v) is 6.22. The lowest BCUT2D eigenvalue weighted by atomic mass is 10.2. The van der Waals surface area contributed by atoms with E-state index in [0.29, 0.717) is 0 Å². The van der Waals surface area contributed by atoms with Gasteiger partial charge in [-0.05, 0) is 44.1 Å². The Labute approximate surface area is 104 Å². The van der Waals surface area contributed by atoms with Crippen molar-refractivity contribution in [3.63, 3.8) is 0 Å². The second-order valence-corrected chi connectivity index (χ2v) is 4.15. The Morgan fingerprint density at radius 3 is 2.56 bits per heavy atom. The Morgan fingerprint density at radius 2 is 2.00 bits per heavy atom. The van der Waals surface area contributed by atoms with Gasteiger partial charge < -0.3 is 10.2 Å². The molecule has 0 fully saturated rings. The van der Waals surface area contributed by atoms with Crippen LogP contribution in [0.15, 0.2) is 24.3 Å². The van der Waals surface area contributed by atoms with Crippen molar-refractivity contribution in [3.05, 3.63) is 29.8 Å². The van der Waals surface area contributed by atoms with E-state index in [0.717, 1.165) is 24.6 Å². The van der Waals surface area contributed by atoms with Crippen LogP contribution in [-0.2, 0) is 0 Å². The molecule has 16 heavy (non-hydrogen) atoms. The van der Waals surface area contributed by atoms with Crippen molar-refractivity contribution in [2.45, 2.75) is 27.2 Å². The number of nitrogens with one attached hydrogen (secondary N) is 1. The van der Waals surface area contributed by atoms with E-state index in [4.69, 9.17) is 12.2 Å². The minimum Gasteiger partial charge on any atom is -0.362 e. The Hall–Kier alpha value is -1.09. The molecule has 0 aliphatic rings. The summed E-state index contributed by atoms with van der Waals surface area (Å²) >= 11 is 5.40. The Kier molecular flexibility index (Phi) is 5.26. The van der Waals surface area contributed by atoms with Gasteiger partial charge in [0.1, 0.15) is 0 Å². The molecule has 1 aromatic carbocycles. The molecule has 1 rings (SSSR count). The number of rotatable bonds is 4. The number of benzene rings is 1. The van der Waals surface area contributed by atoms with Crippen LogP contribution in [-0.4, -0.2) is 18.2 Å². The molecule has 0 aliphatic carbocycles. The maximum Gasteiger partial charge on any atom is 0.173 e. The van der Waals surface area contributed by atoms with Gasteiger partial charge in [-0.15, -0.1) is 0 Å². The van der Waals surface area contributed by atoms with Crippen LogP contribution in [0, 0.1) is 6.92 Å². The van der Waals surface area contributed by atoms with E-state index in [1.165, 1.54) is 11.3 Å². The van der Waals surface area contributed by atoms with E-state index in [1.54, 1.807) is 0 Å². The monoisotopic (exact) mass is 236 g/mol. The van der Waals surface area contributed by atoms with Crippen molar-refractivity contribution in [1.82, 2.24) is 5.32 Å². The van der Waals surface area contributed by atoms with Gasteiger partial charge in [0.05, 0.1) is 0 Å². The highest BCUT2D eigenvalue weighted by Gasteiger charge is 2.10. The molecular weight excluding hydrogens is 216 g/mol. The average Bonchev–Trinajstić information content (AvgIpc) is 2.30. The summed E-state index contributed by atoms with van der Waals surface area (Å²) in [5, 5.41) is 4.08. The zero-order valence-electron chi connectivity index (χ0n) is 10.3. The van der Waals surface area contributed by atoms with Gasteiger partial charge in [-0.2, -0.15) is 0 Å². The predicted molar refractivity (Wildman–Crippen MR) is 75.1 cm³/mol. The molecule has 1 aromatic rings. The number of hydrogen-bond acceptors (Lipinski definition) is 1. The smallest absolute Gasteiger partial charge is 0.173 e. The fourth-order valence-corrected chi connectivity index (χ4v) is 1.95. The van der Waals surface area contributed by atoms with Gasteiger partial charge in [0.25, 0.3) is 0 Å². The maximum absolute atomic E-state index is 5.40. The van der Waals surface area contributed by atoms with Crippen molar-refractivity contribution in [1.29, 1.82) is 0 Å². The Bertz CT molecular complexity index is 350. The topological polar surface area (TPSA) is 15.3 Å². The number of anilines is 1. The summed E-state index contributed by atoms with van der Waals surface area (Å²) in [4.78, 5) is 2.14. The van der Waals surface area contributed by atoms with Gasteiger partial charge >= 0.3 is 0 Å².